The van der Waals surface area contributed by atoms with Crippen molar-refractivity contribution in [2.24, 2.45) is 0 Å². The molecule has 0 saturated carbocycles. The van der Waals surface area contributed by atoms with Crippen LogP contribution in [0.15, 0.2) is 55.4 Å². The van der Waals surface area contributed by atoms with Gasteiger partial charge in [-0.15, -0.1) is 6.58 Å². The highest BCUT2D eigenvalue weighted by atomic mass is 16.5. The number of fused-ring (bicyclic) bond motifs is 1. The van der Waals surface area contributed by atoms with Gasteiger partial charge in [-0.05, 0) is 25.0 Å². The molecule has 0 unspecified atom stereocenters. The van der Waals surface area contributed by atoms with E-state index in [1.807, 2.05) is 36.4 Å². The Balaban J connectivity index is 1.85. The molecule has 5 heteroatoms. The number of hydrogen-bond acceptors (Lipinski definition) is 4. The highest BCUT2D eigenvalue weighted by Crippen LogP contribution is 2.17. The largest absolute Gasteiger partial charge is 0.471 e. The smallest absolute Gasteiger partial charge is 0.218 e. The molecule has 3 aromatic rings. The fraction of sp³-hybridized carbons (Fsp3) is 0.188. The topological polar surface area (TPSA) is 52.3 Å². The van der Waals surface area contributed by atoms with E-state index in [2.05, 4.69) is 21.6 Å². The monoisotopic (exact) mass is 280 g/mol. The number of pyridine rings is 1. The summed E-state index contributed by atoms with van der Waals surface area (Å²) in [5.74, 6) is 0.676. The first-order chi connectivity index (χ1) is 10.4. The molecular weight excluding hydrogens is 264 g/mol. The maximum Gasteiger partial charge on any atom is 0.218 e. The Bertz CT molecular complexity index is 736. The van der Waals surface area contributed by atoms with Crippen LogP contribution in [0.5, 0.6) is 5.88 Å². The molecule has 0 spiro atoms. The van der Waals surface area contributed by atoms with E-state index in [9.17, 15) is 0 Å². The third-order valence-corrected chi connectivity index (χ3v) is 3.08. The lowest BCUT2D eigenvalue weighted by Gasteiger charge is -2.09. The Morgan fingerprint density at radius 3 is 2.95 bits per heavy atom. The number of aromatic nitrogens is 4. The van der Waals surface area contributed by atoms with Gasteiger partial charge in [-0.1, -0.05) is 12.1 Å². The first-order valence-electron chi connectivity index (χ1n) is 6.84. The quantitative estimate of drug-likeness (QED) is 0.651. The number of hydrogen-bond donors (Lipinski definition) is 0. The second kappa shape index (κ2) is 6.17. The Morgan fingerprint density at radius 1 is 1.19 bits per heavy atom. The predicted octanol–water partition coefficient (Wildman–Crippen LogP) is 2.82. The van der Waals surface area contributed by atoms with E-state index in [0.717, 1.165) is 29.9 Å². The maximum absolute atomic E-state index is 5.86. The lowest BCUT2D eigenvalue weighted by Crippen LogP contribution is -2.05. The molecule has 0 fully saturated rings. The second-order valence-corrected chi connectivity index (χ2v) is 4.62. The van der Waals surface area contributed by atoms with Crippen LogP contribution in [0.1, 0.15) is 17.8 Å². The first-order valence-corrected chi connectivity index (χ1v) is 6.84. The van der Waals surface area contributed by atoms with E-state index < -0.39 is 0 Å². The molecule has 0 radical (unpaired) electrons. The predicted molar refractivity (Wildman–Crippen MR) is 80.1 cm³/mol. The van der Waals surface area contributed by atoms with Crippen molar-refractivity contribution in [1.82, 2.24) is 19.6 Å². The zero-order valence-electron chi connectivity index (χ0n) is 11.6. The Hall–Kier alpha value is -2.69. The highest BCUT2D eigenvalue weighted by molar-refractivity contribution is 5.41. The molecule has 5 nitrogen and oxygen atoms in total. The number of rotatable bonds is 6. The minimum Gasteiger partial charge on any atom is -0.471 e. The normalized spacial score (nSPS) is 10.7. The second-order valence-electron chi connectivity index (χ2n) is 4.62. The molecule has 0 aliphatic carbocycles. The first kappa shape index (κ1) is 13.3. The van der Waals surface area contributed by atoms with Crippen molar-refractivity contribution in [3.63, 3.8) is 0 Å². The molecule has 0 amide bonds. The van der Waals surface area contributed by atoms with Gasteiger partial charge in [0.1, 0.15) is 6.61 Å². The van der Waals surface area contributed by atoms with Gasteiger partial charge in [-0.2, -0.15) is 9.61 Å². The minimum atomic E-state index is 0.403. The van der Waals surface area contributed by atoms with E-state index in [1.165, 1.54) is 0 Å². The fourth-order valence-corrected chi connectivity index (χ4v) is 2.05. The van der Waals surface area contributed by atoms with E-state index in [1.54, 1.807) is 16.9 Å². The van der Waals surface area contributed by atoms with Gasteiger partial charge in [0.25, 0.3) is 0 Å². The average molecular weight is 280 g/mol. The van der Waals surface area contributed by atoms with Crippen LogP contribution in [-0.4, -0.2) is 19.6 Å². The standard InChI is InChI=1S/C16H16N4O/c1-2-3-6-13-11-16(20-15(19-13)8-10-18-20)21-12-14-7-4-5-9-17-14/h2,4-5,7-11H,1,3,6,12H2. The SMILES string of the molecule is C=CCCc1cc(OCc2ccccn2)n2nccc2n1. The van der Waals surface area contributed by atoms with Gasteiger partial charge in [0, 0.05) is 24.0 Å². The van der Waals surface area contributed by atoms with Crippen molar-refractivity contribution in [1.29, 1.82) is 0 Å². The van der Waals surface area contributed by atoms with Crippen LogP contribution in [0, 0.1) is 0 Å². The summed E-state index contributed by atoms with van der Waals surface area (Å²) in [4.78, 5) is 8.80. The highest BCUT2D eigenvalue weighted by Gasteiger charge is 2.08. The maximum atomic E-state index is 5.86. The fourth-order valence-electron chi connectivity index (χ4n) is 2.05. The van der Waals surface area contributed by atoms with Gasteiger partial charge in [0.2, 0.25) is 5.88 Å². The lowest BCUT2D eigenvalue weighted by atomic mass is 10.2. The molecule has 3 rings (SSSR count). The van der Waals surface area contributed by atoms with Crippen LogP contribution in [0.25, 0.3) is 5.65 Å². The molecule has 106 valence electrons. The molecule has 3 heterocycles. The summed E-state index contributed by atoms with van der Waals surface area (Å²) in [7, 11) is 0. The molecule has 0 aliphatic heterocycles. The van der Waals surface area contributed by atoms with E-state index in [0.29, 0.717) is 12.5 Å². The summed E-state index contributed by atoms with van der Waals surface area (Å²) in [5, 5.41) is 4.24. The molecule has 0 atom stereocenters. The van der Waals surface area contributed by atoms with E-state index in [4.69, 9.17) is 4.74 Å². The van der Waals surface area contributed by atoms with Crippen molar-refractivity contribution in [3.05, 3.63) is 66.8 Å². The van der Waals surface area contributed by atoms with Crippen LogP contribution in [0.3, 0.4) is 0 Å². The molecular formula is C16H16N4O. The number of nitrogens with zero attached hydrogens (tertiary/aromatic N) is 4. The molecule has 0 N–H and O–H groups in total. The summed E-state index contributed by atoms with van der Waals surface area (Å²) in [6.07, 6.45) is 7.08. The van der Waals surface area contributed by atoms with Crippen LogP contribution >= 0.6 is 0 Å². The van der Waals surface area contributed by atoms with Crippen molar-refractivity contribution in [2.75, 3.05) is 0 Å². The molecule has 0 bridgehead atoms. The molecule has 3 aromatic heterocycles. The van der Waals surface area contributed by atoms with Crippen LogP contribution in [0.2, 0.25) is 0 Å². The lowest BCUT2D eigenvalue weighted by molar-refractivity contribution is 0.280. The van der Waals surface area contributed by atoms with Crippen molar-refractivity contribution in [2.45, 2.75) is 19.4 Å². The molecule has 0 aromatic carbocycles. The van der Waals surface area contributed by atoms with Crippen molar-refractivity contribution in [3.8, 4) is 5.88 Å². The van der Waals surface area contributed by atoms with E-state index >= 15 is 0 Å². The van der Waals surface area contributed by atoms with E-state index in [-0.39, 0.29) is 0 Å². The molecule has 0 saturated heterocycles. The Kier molecular flexibility index (Phi) is 3.91. The van der Waals surface area contributed by atoms with Gasteiger partial charge in [-0.3, -0.25) is 4.98 Å². The summed E-state index contributed by atoms with van der Waals surface area (Å²) >= 11 is 0. The summed E-state index contributed by atoms with van der Waals surface area (Å²) in [6.45, 7) is 4.15. The minimum absolute atomic E-state index is 0.403. The Labute approximate surface area is 122 Å². The summed E-state index contributed by atoms with van der Waals surface area (Å²) in [5.41, 5.74) is 2.63. The third kappa shape index (κ3) is 3.08. The van der Waals surface area contributed by atoms with Crippen molar-refractivity contribution < 1.29 is 4.74 Å². The molecule has 21 heavy (non-hydrogen) atoms. The Morgan fingerprint density at radius 2 is 2.14 bits per heavy atom. The van der Waals surface area contributed by atoms with Crippen LogP contribution in [-0.2, 0) is 13.0 Å². The summed E-state index contributed by atoms with van der Waals surface area (Å²) < 4.78 is 7.55. The third-order valence-electron chi connectivity index (χ3n) is 3.08. The van der Waals surface area contributed by atoms with Gasteiger partial charge < -0.3 is 4.74 Å². The van der Waals surface area contributed by atoms with Gasteiger partial charge in [-0.25, -0.2) is 4.98 Å². The van der Waals surface area contributed by atoms with Crippen molar-refractivity contribution >= 4 is 5.65 Å². The number of ether oxygens (including phenoxy) is 1. The molecule has 0 aliphatic rings. The average Bonchev–Trinajstić information content (AvgIpc) is 3.00. The zero-order valence-corrected chi connectivity index (χ0v) is 11.6. The number of aryl methyl sites for hydroxylation is 1. The van der Waals surface area contributed by atoms with Gasteiger partial charge in [0.15, 0.2) is 5.65 Å². The van der Waals surface area contributed by atoms with Crippen LogP contribution in [0.4, 0.5) is 0 Å². The van der Waals surface area contributed by atoms with Gasteiger partial charge in [0.05, 0.1) is 11.9 Å². The zero-order chi connectivity index (χ0) is 14.5. The summed E-state index contributed by atoms with van der Waals surface area (Å²) in [6, 6.07) is 9.55. The van der Waals surface area contributed by atoms with Crippen LogP contribution < -0.4 is 4.74 Å². The number of allylic oxidation sites excluding steroid dienone is 1. The van der Waals surface area contributed by atoms with Gasteiger partial charge >= 0.3 is 0 Å².